The molecule has 0 aromatic carbocycles. The zero-order chi connectivity index (χ0) is 19.1. The van der Waals surface area contributed by atoms with Crippen molar-refractivity contribution in [1.82, 2.24) is 14.8 Å². The van der Waals surface area contributed by atoms with Gasteiger partial charge >= 0.3 is 6.03 Å². The van der Waals surface area contributed by atoms with Gasteiger partial charge in [-0.3, -0.25) is 14.5 Å². The molecular weight excluding hydrogens is 332 g/mol. The summed E-state index contributed by atoms with van der Waals surface area (Å²) in [6.07, 6.45) is 8.68. The number of allylic oxidation sites excluding steroid dienone is 3. The summed E-state index contributed by atoms with van der Waals surface area (Å²) >= 11 is 0. The van der Waals surface area contributed by atoms with Crippen molar-refractivity contribution in [3.63, 3.8) is 0 Å². The minimum Gasteiger partial charge on any atom is -0.354 e. The van der Waals surface area contributed by atoms with Crippen LogP contribution in [0.4, 0.5) is 10.6 Å². The van der Waals surface area contributed by atoms with E-state index in [0.29, 0.717) is 0 Å². The van der Waals surface area contributed by atoms with Crippen molar-refractivity contribution in [2.24, 2.45) is 5.41 Å². The monoisotopic (exact) mass is 352 g/mol. The van der Waals surface area contributed by atoms with Gasteiger partial charge in [0.15, 0.2) is 0 Å². The number of carbonyl (C=O) groups excluding carboxylic acids is 3. The van der Waals surface area contributed by atoms with Gasteiger partial charge in [0, 0.05) is 37.6 Å². The molecule has 0 bridgehead atoms. The first-order valence-electron chi connectivity index (χ1n) is 8.16. The van der Waals surface area contributed by atoms with Gasteiger partial charge in [-0.25, -0.2) is 14.7 Å². The van der Waals surface area contributed by atoms with Crippen LogP contribution in [0.1, 0.15) is 13.8 Å². The van der Waals surface area contributed by atoms with Crippen LogP contribution in [0.3, 0.4) is 0 Å². The molecule has 1 aromatic rings. The molecule has 134 valence electrons. The molecule has 0 atom stereocenters. The lowest BCUT2D eigenvalue weighted by atomic mass is 9.90. The van der Waals surface area contributed by atoms with Crippen LogP contribution in [0, 0.1) is 5.41 Å². The number of anilines is 1. The number of aromatic nitrogens is 1. The highest BCUT2D eigenvalue weighted by atomic mass is 16.2. The summed E-state index contributed by atoms with van der Waals surface area (Å²) in [5.41, 5.74) is 0.644. The van der Waals surface area contributed by atoms with Gasteiger partial charge in [0.1, 0.15) is 11.4 Å². The van der Waals surface area contributed by atoms with Gasteiger partial charge in [-0.2, -0.15) is 0 Å². The molecule has 4 amide bonds. The predicted octanol–water partition coefficient (Wildman–Crippen LogP) is 2.30. The Balaban J connectivity index is 2.02. The number of urea groups is 1. The molecule has 2 aliphatic rings. The number of carbonyl (C=O) groups is 3. The molecule has 0 unspecified atom stereocenters. The number of hydrogen-bond donors (Lipinski definition) is 0. The largest absolute Gasteiger partial charge is 0.354 e. The van der Waals surface area contributed by atoms with Gasteiger partial charge < -0.3 is 4.90 Å². The Morgan fingerprint density at radius 3 is 2.35 bits per heavy atom. The fourth-order valence-corrected chi connectivity index (χ4v) is 2.96. The SMILES string of the molecule is CN1C(=O)/C(=C/C=C2/N(C)C=CC2(C)C)C(=O)N(c2ccccn2)C1=O. The molecule has 3 heterocycles. The third-order valence-electron chi connectivity index (χ3n) is 4.49. The Bertz CT molecular complexity index is 868. The van der Waals surface area contributed by atoms with Crippen molar-refractivity contribution in [3.05, 3.63) is 60.1 Å². The van der Waals surface area contributed by atoms with Crippen LogP contribution in [0.25, 0.3) is 0 Å². The lowest BCUT2D eigenvalue weighted by molar-refractivity contribution is -0.128. The van der Waals surface area contributed by atoms with E-state index in [1.807, 2.05) is 38.1 Å². The van der Waals surface area contributed by atoms with Crippen molar-refractivity contribution in [2.75, 3.05) is 19.0 Å². The Hall–Kier alpha value is -3.22. The molecule has 0 radical (unpaired) electrons. The molecule has 0 N–H and O–H groups in total. The van der Waals surface area contributed by atoms with Gasteiger partial charge in [-0.15, -0.1) is 0 Å². The zero-order valence-electron chi connectivity index (χ0n) is 15.1. The molecule has 0 spiro atoms. The average Bonchev–Trinajstić information content (AvgIpc) is 2.87. The molecule has 1 fully saturated rings. The number of hydrogen-bond acceptors (Lipinski definition) is 5. The second-order valence-corrected chi connectivity index (χ2v) is 6.76. The smallest absolute Gasteiger partial charge is 0.339 e. The third-order valence-corrected chi connectivity index (χ3v) is 4.49. The predicted molar refractivity (Wildman–Crippen MR) is 96.7 cm³/mol. The summed E-state index contributed by atoms with van der Waals surface area (Å²) in [7, 11) is 3.25. The van der Waals surface area contributed by atoms with Crippen LogP contribution in [-0.2, 0) is 9.59 Å². The molecule has 0 saturated carbocycles. The van der Waals surface area contributed by atoms with Crippen LogP contribution in [0.2, 0.25) is 0 Å². The maximum absolute atomic E-state index is 12.8. The number of nitrogens with zero attached hydrogens (tertiary/aromatic N) is 4. The van der Waals surface area contributed by atoms with Gasteiger partial charge in [0.05, 0.1) is 0 Å². The molecule has 26 heavy (non-hydrogen) atoms. The van der Waals surface area contributed by atoms with E-state index in [-0.39, 0.29) is 16.8 Å². The molecule has 0 aliphatic carbocycles. The number of rotatable bonds is 2. The van der Waals surface area contributed by atoms with E-state index in [1.54, 1.807) is 24.3 Å². The minimum atomic E-state index is -0.719. The van der Waals surface area contributed by atoms with Gasteiger partial charge in [-0.1, -0.05) is 26.0 Å². The zero-order valence-corrected chi connectivity index (χ0v) is 15.1. The standard InChI is InChI=1S/C19H20N4O3/c1-19(2)10-12-21(3)14(19)9-8-13-16(24)22(4)18(26)23(17(13)25)15-7-5-6-11-20-15/h5-12H,1-4H3/b13-8-,14-9+. The van der Waals surface area contributed by atoms with E-state index in [1.165, 1.54) is 19.3 Å². The highest BCUT2D eigenvalue weighted by Crippen LogP contribution is 2.35. The van der Waals surface area contributed by atoms with E-state index >= 15 is 0 Å². The quantitative estimate of drug-likeness (QED) is 0.603. The second-order valence-electron chi connectivity index (χ2n) is 6.76. The van der Waals surface area contributed by atoms with Crippen molar-refractivity contribution in [2.45, 2.75) is 13.8 Å². The van der Waals surface area contributed by atoms with Gasteiger partial charge in [0.25, 0.3) is 11.8 Å². The first-order chi connectivity index (χ1) is 12.2. The summed E-state index contributed by atoms with van der Waals surface area (Å²) < 4.78 is 0. The summed E-state index contributed by atoms with van der Waals surface area (Å²) in [5.74, 6) is -1.13. The highest BCUT2D eigenvalue weighted by Gasteiger charge is 2.41. The van der Waals surface area contributed by atoms with Crippen molar-refractivity contribution < 1.29 is 14.4 Å². The number of amides is 4. The average molecular weight is 352 g/mol. The first-order valence-corrected chi connectivity index (χ1v) is 8.16. The van der Waals surface area contributed by atoms with Crippen LogP contribution in [0.5, 0.6) is 0 Å². The number of imide groups is 2. The molecule has 7 nitrogen and oxygen atoms in total. The van der Waals surface area contributed by atoms with E-state index < -0.39 is 17.8 Å². The number of pyridine rings is 1. The molecule has 1 saturated heterocycles. The van der Waals surface area contributed by atoms with Crippen LogP contribution >= 0.6 is 0 Å². The maximum atomic E-state index is 12.8. The maximum Gasteiger partial charge on any atom is 0.339 e. The fourth-order valence-electron chi connectivity index (χ4n) is 2.96. The Morgan fingerprint density at radius 1 is 1.04 bits per heavy atom. The molecule has 7 heteroatoms. The molecule has 1 aromatic heterocycles. The van der Waals surface area contributed by atoms with Crippen LogP contribution in [0.15, 0.2) is 60.1 Å². The topological polar surface area (TPSA) is 73.8 Å². The highest BCUT2D eigenvalue weighted by molar-refractivity contribution is 6.37. The second kappa shape index (κ2) is 6.25. The summed E-state index contributed by atoms with van der Waals surface area (Å²) in [4.78, 5) is 45.5. The summed E-state index contributed by atoms with van der Waals surface area (Å²) in [6.45, 7) is 4.08. The van der Waals surface area contributed by atoms with Crippen LogP contribution < -0.4 is 4.90 Å². The molecule has 2 aliphatic heterocycles. The molecule has 3 rings (SSSR count). The van der Waals surface area contributed by atoms with Gasteiger partial charge in [0.2, 0.25) is 0 Å². The van der Waals surface area contributed by atoms with E-state index in [4.69, 9.17) is 0 Å². The lowest BCUT2D eigenvalue weighted by Crippen LogP contribution is -2.55. The minimum absolute atomic E-state index is 0.0821. The molecular formula is C19H20N4O3. The summed E-state index contributed by atoms with van der Waals surface area (Å²) in [5, 5.41) is 0. The lowest BCUT2D eigenvalue weighted by Gasteiger charge is -2.31. The number of likely N-dealkylation sites (N-methyl/N-ethyl adjacent to an activating group) is 1. The van der Waals surface area contributed by atoms with Crippen molar-refractivity contribution >= 4 is 23.7 Å². The van der Waals surface area contributed by atoms with Gasteiger partial charge in [-0.05, 0) is 24.3 Å². The summed E-state index contributed by atoms with van der Waals surface area (Å²) in [6, 6.07) is 4.19. The van der Waals surface area contributed by atoms with E-state index in [2.05, 4.69) is 4.98 Å². The Labute approximate surface area is 151 Å². The van der Waals surface area contributed by atoms with Crippen molar-refractivity contribution in [3.8, 4) is 0 Å². The van der Waals surface area contributed by atoms with Crippen molar-refractivity contribution in [1.29, 1.82) is 0 Å². The van der Waals surface area contributed by atoms with E-state index in [0.717, 1.165) is 15.5 Å². The Morgan fingerprint density at radius 2 is 1.77 bits per heavy atom. The third kappa shape index (κ3) is 2.81. The first kappa shape index (κ1) is 17.6. The normalized spacial score (nSPS) is 22.9. The van der Waals surface area contributed by atoms with Crippen LogP contribution in [-0.4, -0.2) is 46.7 Å². The fraction of sp³-hybridized carbons (Fsp3) is 0.263. The Kier molecular flexibility index (Phi) is 4.23. The number of barbiturate groups is 1. The van der Waals surface area contributed by atoms with E-state index in [9.17, 15) is 14.4 Å².